The molecule has 0 aliphatic rings. The summed E-state index contributed by atoms with van der Waals surface area (Å²) in [6.07, 6.45) is 3.19. The molecule has 0 saturated carbocycles. The van der Waals surface area contributed by atoms with E-state index in [1.165, 1.54) is 16.1 Å². The van der Waals surface area contributed by atoms with Crippen molar-refractivity contribution in [2.75, 3.05) is 7.05 Å². The second-order valence-corrected chi connectivity index (χ2v) is 6.22. The molecule has 0 unspecified atom stereocenters. The first-order chi connectivity index (χ1) is 10.3. The van der Waals surface area contributed by atoms with E-state index in [4.69, 9.17) is 9.72 Å². The number of benzene rings is 1. The lowest BCUT2D eigenvalue weighted by atomic mass is 10.2. The van der Waals surface area contributed by atoms with Gasteiger partial charge in [0.1, 0.15) is 17.4 Å². The van der Waals surface area contributed by atoms with E-state index in [1.807, 2.05) is 19.2 Å². The van der Waals surface area contributed by atoms with E-state index in [2.05, 4.69) is 31.3 Å². The average molecular weight is 304 g/mol. The Hall–Kier alpha value is -1.39. The zero-order valence-electron chi connectivity index (χ0n) is 13.1. The van der Waals surface area contributed by atoms with Gasteiger partial charge in [0, 0.05) is 11.4 Å². The molecule has 0 saturated heterocycles. The summed E-state index contributed by atoms with van der Waals surface area (Å²) < 4.78 is 5.89. The second kappa shape index (κ2) is 8.15. The van der Waals surface area contributed by atoms with Crippen LogP contribution in [0.1, 0.15) is 41.4 Å². The van der Waals surface area contributed by atoms with Crippen LogP contribution < -0.4 is 10.1 Å². The van der Waals surface area contributed by atoms with Crippen molar-refractivity contribution in [3.05, 3.63) is 45.4 Å². The molecule has 0 aliphatic carbocycles. The van der Waals surface area contributed by atoms with Gasteiger partial charge in [-0.25, -0.2) is 4.98 Å². The smallest absolute Gasteiger partial charge is 0.140 e. The van der Waals surface area contributed by atoms with Gasteiger partial charge in [-0.2, -0.15) is 0 Å². The molecule has 1 aromatic heterocycles. The minimum absolute atomic E-state index is 0.554. The Morgan fingerprint density at radius 3 is 2.86 bits per heavy atom. The summed E-state index contributed by atoms with van der Waals surface area (Å²) >= 11 is 1.75. The predicted molar refractivity (Wildman–Crippen MR) is 89.0 cm³/mol. The molecule has 0 aliphatic heterocycles. The maximum absolute atomic E-state index is 5.89. The summed E-state index contributed by atoms with van der Waals surface area (Å²) in [5, 5.41) is 4.28. The molecule has 1 N–H and O–H groups in total. The number of thiazole rings is 1. The van der Waals surface area contributed by atoms with Gasteiger partial charge in [0.15, 0.2) is 0 Å². The van der Waals surface area contributed by atoms with Gasteiger partial charge in [-0.15, -0.1) is 11.3 Å². The predicted octanol–water partition coefficient (Wildman–Crippen LogP) is 3.96. The van der Waals surface area contributed by atoms with E-state index in [0.29, 0.717) is 6.61 Å². The van der Waals surface area contributed by atoms with Crippen LogP contribution >= 0.6 is 11.3 Å². The number of hydrogen-bond acceptors (Lipinski definition) is 4. The maximum atomic E-state index is 5.89. The van der Waals surface area contributed by atoms with Crippen molar-refractivity contribution in [3.63, 3.8) is 0 Å². The van der Waals surface area contributed by atoms with Gasteiger partial charge in [0.05, 0.1) is 5.69 Å². The van der Waals surface area contributed by atoms with Crippen LogP contribution in [0.15, 0.2) is 24.3 Å². The topological polar surface area (TPSA) is 34.1 Å². The van der Waals surface area contributed by atoms with E-state index in [-0.39, 0.29) is 0 Å². The van der Waals surface area contributed by atoms with Crippen LogP contribution in [-0.4, -0.2) is 12.0 Å². The first kappa shape index (κ1) is 16.0. The number of aromatic nitrogens is 1. The van der Waals surface area contributed by atoms with E-state index in [1.54, 1.807) is 11.3 Å². The summed E-state index contributed by atoms with van der Waals surface area (Å²) in [6.45, 7) is 5.78. The fourth-order valence-corrected chi connectivity index (χ4v) is 3.27. The number of ether oxygens (including phenoxy) is 1. The highest BCUT2D eigenvalue weighted by Crippen LogP contribution is 2.22. The van der Waals surface area contributed by atoms with Gasteiger partial charge in [-0.3, -0.25) is 0 Å². The molecule has 3 nitrogen and oxygen atoms in total. The zero-order chi connectivity index (χ0) is 15.1. The second-order valence-electron chi connectivity index (χ2n) is 5.05. The Balaban J connectivity index is 2.03. The first-order valence-electron chi connectivity index (χ1n) is 7.60. The summed E-state index contributed by atoms with van der Waals surface area (Å²) in [6, 6.07) is 8.29. The van der Waals surface area contributed by atoms with E-state index in [0.717, 1.165) is 36.6 Å². The molecule has 0 amide bonds. The van der Waals surface area contributed by atoms with Crippen molar-refractivity contribution in [1.29, 1.82) is 0 Å². The molecule has 2 rings (SSSR count). The summed E-state index contributed by atoms with van der Waals surface area (Å²) in [7, 11) is 1.97. The third kappa shape index (κ3) is 4.55. The molecule has 0 spiro atoms. The Bertz CT molecular complexity index is 542. The Kier molecular flexibility index (Phi) is 6.21. The Morgan fingerprint density at radius 2 is 2.14 bits per heavy atom. The van der Waals surface area contributed by atoms with E-state index < -0.39 is 0 Å². The molecular weight excluding hydrogens is 280 g/mol. The summed E-state index contributed by atoms with van der Waals surface area (Å²) in [4.78, 5) is 6.06. The van der Waals surface area contributed by atoms with E-state index in [9.17, 15) is 0 Å². The quantitative estimate of drug-likeness (QED) is 0.801. The number of aryl methyl sites for hydroxylation is 2. The molecule has 21 heavy (non-hydrogen) atoms. The SMILES string of the molecule is CCCc1nc(COc2cccc(CC)c2)sc1CNC. The van der Waals surface area contributed by atoms with Gasteiger partial charge in [0.25, 0.3) is 0 Å². The van der Waals surface area contributed by atoms with Gasteiger partial charge < -0.3 is 10.1 Å². The number of nitrogens with zero attached hydrogens (tertiary/aromatic N) is 1. The minimum atomic E-state index is 0.554. The van der Waals surface area contributed by atoms with Gasteiger partial charge >= 0.3 is 0 Å². The third-order valence-corrected chi connectivity index (χ3v) is 4.39. The molecule has 1 heterocycles. The van der Waals surface area contributed by atoms with Crippen molar-refractivity contribution in [3.8, 4) is 5.75 Å². The fraction of sp³-hybridized carbons (Fsp3) is 0.471. The van der Waals surface area contributed by atoms with Crippen molar-refractivity contribution < 1.29 is 4.74 Å². The van der Waals surface area contributed by atoms with Crippen LogP contribution in [0.2, 0.25) is 0 Å². The standard InChI is InChI=1S/C17H24N2OS/c1-4-7-15-16(11-18-3)21-17(19-15)12-20-14-9-6-8-13(5-2)10-14/h6,8-10,18H,4-5,7,11-12H2,1-3H3. The average Bonchev–Trinajstić information content (AvgIpc) is 2.88. The highest BCUT2D eigenvalue weighted by atomic mass is 32.1. The van der Waals surface area contributed by atoms with Crippen LogP contribution in [-0.2, 0) is 26.0 Å². The Labute approximate surface area is 131 Å². The normalized spacial score (nSPS) is 10.8. The fourth-order valence-electron chi connectivity index (χ4n) is 2.23. The lowest BCUT2D eigenvalue weighted by Crippen LogP contribution is -2.05. The lowest BCUT2D eigenvalue weighted by molar-refractivity contribution is 0.305. The molecule has 1 aromatic carbocycles. The Morgan fingerprint density at radius 1 is 1.29 bits per heavy atom. The van der Waals surface area contributed by atoms with Gasteiger partial charge in [-0.05, 0) is 37.6 Å². The van der Waals surface area contributed by atoms with Crippen molar-refractivity contribution in [1.82, 2.24) is 10.3 Å². The van der Waals surface area contributed by atoms with Crippen LogP contribution in [0.5, 0.6) is 5.75 Å². The maximum Gasteiger partial charge on any atom is 0.140 e. The minimum Gasteiger partial charge on any atom is -0.486 e. The van der Waals surface area contributed by atoms with Crippen LogP contribution in [0, 0.1) is 0 Å². The number of hydrogen-bond donors (Lipinski definition) is 1. The largest absolute Gasteiger partial charge is 0.486 e. The summed E-state index contributed by atoms with van der Waals surface area (Å²) in [5.41, 5.74) is 2.52. The van der Waals surface area contributed by atoms with Crippen LogP contribution in [0.25, 0.3) is 0 Å². The van der Waals surface area contributed by atoms with E-state index >= 15 is 0 Å². The zero-order valence-corrected chi connectivity index (χ0v) is 13.9. The first-order valence-corrected chi connectivity index (χ1v) is 8.42. The molecule has 0 bridgehead atoms. The number of nitrogens with one attached hydrogen (secondary N) is 1. The number of rotatable bonds is 8. The van der Waals surface area contributed by atoms with Crippen molar-refractivity contribution in [2.24, 2.45) is 0 Å². The van der Waals surface area contributed by atoms with Gasteiger partial charge in [-0.1, -0.05) is 32.4 Å². The molecule has 4 heteroatoms. The van der Waals surface area contributed by atoms with Gasteiger partial charge in [0.2, 0.25) is 0 Å². The molecular formula is C17H24N2OS. The monoisotopic (exact) mass is 304 g/mol. The lowest BCUT2D eigenvalue weighted by Gasteiger charge is -2.05. The van der Waals surface area contributed by atoms with Crippen molar-refractivity contribution in [2.45, 2.75) is 46.3 Å². The third-order valence-electron chi connectivity index (χ3n) is 3.32. The van der Waals surface area contributed by atoms with Crippen LogP contribution in [0.3, 0.4) is 0 Å². The summed E-state index contributed by atoms with van der Waals surface area (Å²) in [5.74, 6) is 0.928. The highest BCUT2D eigenvalue weighted by Gasteiger charge is 2.10. The molecule has 0 atom stereocenters. The van der Waals surface area contributed by atoms with Crippen molar-refractivity contribution >= 4 is 11.3 Å². The highest BCUT2D eigenvalue weighted by molar-refractivity contribution is 7.11. The molecule has 0 radical (unpaired) electrons. The molecule has 114 valence electrons. The molecule has 2 aromatic rings. The molecule has 0 fully saturated rings. The van der Waals surface area contributed by atoms with Crippen LogP contribution in [0.4, 0.5) is 0 Å².